The number of imidazole rings is 1. The molecule has 0 amide bonds. The Morgan fingerprint density at radius 2 is 1.86 bits per heavy atom. The highest BCUT2D eigenvalue weighted by Crippen LogP contribution is 2.25. The topological polar surface area (TPSA) is 53.1 Å². The third-order valence-electron chi connectivity index (χ3n) is 3.67. The molecule has 5 heteroatoms. The second kappa shape index (κ2) is 5.00. The summed E-state index contributed by atoms with van der Waals surface area (Å²) in [6.45, 7) is 0. The minimum atomic E-state index is 0.107. The number of para-hydroxylation sites is 2. The number of halogens is 1. The molecule has 0 spiro atoms. The third-order valence-corrected chi connectivity index (χ3v) is 4.20. The number of fused-ring (bicyclic) bond motifs is 1. The van der Waals surface area contributed by atoms with Crippen molar-refractivity contribution in [1.82, 2.24) is 15.4 Å². The van der Waals surface area contributed by atoms with Crippen molar-refractivity contribution in [2.24, 2.45) is 5.10 Å². The molecule has 0 bridgehead atoms. The predicted molar refractivity (Wildman–Crippen MR) is 87.3 cm³/mol. The fourth-order valence-corrected chi connectivity index (χ4v) is 2.82. The van der Waals surface area contributed by atoms with E-state index in [0.29, 0.717) is 0 Å². The maximum atomic E-state index is 4.64. The summed E-state index contributed by atoms with van der Waals surface area (Å²) < 4.78 is 1.08. The quantitative estimate of drug-likeness (QED) is 0.746. The van der Waals surface area contributed by atoms with Crippen molar-refractivity contribution in [1.29, 1.82) is 0 Å². The molecule has 0 fully saturated rings. The van der Waals surface area contributed by atoms with Crippen LogP contribution in [0.15, 0.2) is 58.1 Å². The van der Waals surface area contributed by atoms with Crippen molar-refractivity contribution in [3.63, 3.8) is 0 Å². The lowest BCUT2D eigenvalue weighted by Crippen LogP contribution is -2.11. The van der Waals surface area contributed by atoms with Crippen LogP contribution in [0.2, 0.25) is 0 Å². The molecule has 0 radical (unpaired) electrons. The third kappa shape index (κ3) is 2.34. The average Bonchev–Trinajstić information content (AvgIpc) is 3.14. The summed E-state index contributed by atoms with van der Waals surface area (Å²) in [6, 6.07) is 16.4. The van der Waals surface area contributed by atoms with E-state index in [2.05, 4.69) is 48.6 Å². The van der Waals surface area contributed by atoms with Crippen molar-refractivity contribution in [3.05, 3.63) is 64.4 Å². The first-order valence-electron chi connectivity index (χ1n) is 6.82. The van der Waals surface area contributed by atoms with Crippen LogP contribution in [0.3, 0.4) is 0 Å². The molecule has 0 saturated heterocycles. The van der Waals surface area contributed by atoms with Gasteiger partial charge in [0.25, 0.3) is 0 Å². The number of aromatic amines is 1. The van der Waals surface area contributed by atoms with E-state index >= 15 is 0 Å². The number of nitrogens with zero attached hydrogens (tertiary/aromatic N) is 2. The first-order valence-corrected chi connectivity index (χ1v) is 7.61. The van der Waals surface area contributed by atoms with Crippen LogP contribution in [0.25, 0.3) is 11.0 Å². The summed E-state index contributed by atoms with van der Waals surface area (Å²) in [6.07, 6.45) is 0.835. The second-order valence-corrected chi connectivity index (χ2v) is 6.01. The molecule has 104 valence electrons. The van der Waals surface area contributed by atoms with E-state index in [1.165, 1.54) is 0 Å². The first kappa shape index (κ1) is 12.6. The average molecular weight is 341 g/mol. The van der Waals surface area contributed by atoms with Crippen molar-refractivity contribution in [2.45, 2.75) is 12.5 Å². The SMILES string of the molecule is Brc1ccc(C2=NN[C@H](c3nc4ccccc4[nH]3)C2)cc1. The van der Waals surface area contributed by atoms with E-state index in [-0.39, 0.29) is 6.04 Å². The molecule has 2 heterocycles. The van der Waals surface area contributed by atoms with Crippen LogP contribution in [0.1, 0.15) is 23.9 Å². The van der Waals surface area contributed by atoms with Gasteiger partial charge in [0.1, 0.15) is 11.9 Å². The molecule has 21 heavy (non-hydrogen) atoms. The summed E-state index contributed by atoms with van der Waals surface area (Å²) >= 11 is 3.45. The maximum Gasteiger partial charge on any atom is 0.131 e. The zero-order valence-electron chi connectivity index (χ0n) is 11.2. The second-order valence-electron chi connectivity index (χ2n) is 5.09. The molecule has 1 aromatic heterocycles. The molecule has 4 nitrogen and oxygen atoms in total. The van der Waals surface area contributed by atoms with E-state index in [0.717, 1.165) is 39.0 Å². The molecule has 1 aliphatic heterocycles. The van der Waals surface area contributed by atoms with E-state index in [9.17, 15) is 0 Å². The fourth-order valence-electron chi connectivity index (χ4n) is 2.56. The van der Waals surface area contributed by atoms with Crippen LogP contribution < -0.4 is 5.43 Å². The maximum absolute atomic E-state index is 4.64. The van der Waals surface area contributed by atoms with Gasteiger partial charge in [-0.25, -0.2) is 4.98 Å². The molecule has 0 unspecified atom stereocenters. The van der Waals surface area contributed by atoms with Crippen molar-refractivity contribution in [2.75, 3.05) is 0 Å². The van der Waals surface area contributed by atoms with Gasteiger partial charge in [-0.05, 0) is 29.8 Å². The number of hydrogen-bond donors (Lipinski definition) is 2. The standard InChI is InChI=1S/C16H13BrN4/c17-11-7-5-10(6-8-11)14-9-15(21-20-14)16-18-12-3-1-2-4-13(12)19-16/h1-8,15,21H,9H2,(H,18,19)/t15-/m0/s1. The Labute approximate surface area is 130 Å². The normalized spacial score (nSPS) is 17.8. The summed E-state index contributed by atoms with van der Waals surface area (Å²) in [4.78, 5) is 8.00. The Kier molecular flexibility index (Phi) is 3.00. The Bertz CT molecular complexity index is 787. The Morgan fingerprint density at radius 1 is 1.05 bits per heavy atom. The molecule has 1 aliphatic rings. The van der Waals surface area contributed by atoms with Crippen LogP contribution in [0.5, 0.6) is 0 Å². The number of hydrazone groups is 1. The van der Waals surface area contributed by atoms with Crippen molar-refractivity contribution < 1.29 is 0 Å². The first-order chi connectivity index (χ1) is 10.3. The van der Waals surface area contributed by atoms with Gasteiger partial charge in [-0.3, -0.25) is 5.43 Å². The van der Waals surface area contributed by atoms with Gasteiger partial charge in [-0.15, -0.1) is 0 Å². The number of H-pyrrole nitrogens is 1. The number of nitrogens with one attached hydrogen (secondary N) is 2. The summed E-state index contributed by atoms with van der Waals surface area (Å²) in [5, 5.41) is 4.45. The molecular weight excluding hydrogens is 328 g/mol. The summed E-state index contributed by atoms with van der Waals surface area (Å²) in [5.74, 6) is 0.937. The molecule has 0 aliphatic carbocycles. The Balaban J connectivity index is 1.58. The molecule has 2 N–H and O–H groups in total. The lowest BCUT2D eigenvalue weighted by Gasteiger charge is -2.05. The van der Waals surface area contributed by atoms with E-state index in [4.69, 9.17) is 0 Å². The van der Waals surface area contributed by atoms with Gasteiger partial charge in [-0.1, -0.05) is 40.2 Å². The molecule has 4 rings (SSSR count). The van der Waals surface area contributed by atoms with E-state index in [1.54, 1.807) is 0 Å². The molecule has 2 aromatic carbocycles. The lowest BCUT2D eigenvalue weighted by atomic mass is 10.0. The van der Waals surface area contributed by atoms with Gasteiger partial charge in [-0.2, -0.15) is 5.10 Å². The highest BCUT2D eigenvalue weighted by molar-refractivity contribution is 9.10. The highest BCUT2D eigenvalue weighted by Gasteiger charge is 2.23. The number of rotatable bonds is 2. The molecule has 3 aromatic rings. The van der Waals surface area contributed by atoms with Crippen LogP contribution in [-0.4, -0.2) is 15.7 Å². The minimum absolute atomic E-state index is 0.107. The summed E-state index contributed by atoms with van der Waals surface area (Å²) in [7, 11) is 0. The number of aromatic nitrogens is 2. The number of hydrogen-bond acceptors (Lipinski definition) is 3. The van der Waals surface area contributed by atoms with Gasteiger partial charge < -0.3 is 4.98 Å². The Morgan fingerprint density at radius 3 is 2.67 bits per heavy atom. The van der Waals surface area contributed by atoms with Crippen LogP contribution in [-0.2, 0) is 0 Å². The van der Waals surface area contributed by atoms with Gasteiger partial charge in [0, 0.05) is 10.9 Å². The lowest BCUT2D eigenvalue weighted by molar-refractivity contribution is 0.591. The van der Waals surface area contributed by atoms with Gasteiger partial charge >= 0.3 is 0 Å². The van der Waals surface area contributed by atoms with Gasteiger partial charge in [0.15, 0.2) is 0 Å². The highest BCUT2D eigenvalue weighted by atomic mass is 79.9. The monoisotopic (exact) mass is 340 g/mol. The van der Waals surface area contributed by atoms with Crippen molar-refractivity contribution in [3.8, 4) is 0 Å². The summed E-state index contributed by atoms with van der Waals surface area (Å²) in [5.41, 5.74) is 7.44. The largest absolute Gasteiger partial charge is 0.340 e. The van der Waals surface area contributed by atoms with Crippen LogP contribution >= 0.6 is 15.9 Å². The fraction of sp³-hybridized carbons (Fsp3) is 0.125. The minimum Gasteiger partial charge on any atom is -0.340 e. The smallest absolute Gasteiger partial charge is 0.131 e. The predicted octanol–water partition coefficient (Wildman–Crippen LogP) is 3.76. The van der Waals surface area contributed by atoms with Gasteiger partial charge in [0.05, 0.1) is 16.7 Å². The zero-order valence-corrected chi connectivity index (χ0v) is 12.8. The van der Waals surface area contributed by atoms with Crippen molar-refractivity contribution >= 4 is 32.7 Å². The number of benzene rings is 2. The van der Waals surface area contributed by atoms with E-state index < -0.39 is 0 Å². The van der Waals surface area contributed by atoms with Crippen LogP contribution in [0.4, 0.5) is 0 Å². The van der Waals surface area contributed by atoms with Crippen LogP contribution in [0, 0.1) is 0 Å². The molecular formula is C16H13BrN4. The Hall–Kier alpha value is -2.14. The van der Waals surface area contributed by atoms with Gasteiger partial charge in [0.2, 0.25) is 0 Å². The molecule has 1 atom stereocenters. The van der Waals surface area contributed by atoms with E-state index in [1.807, 2.05) is 36.4 Å². The molecule has 0 saturated carbocycles. The zero-order chi connectivity index (χ0) is 14.2.